The largest absolute Gasteiger partial charge is 0.452 e. The van der Waals surface area contributed by atoms with Gasteiger partial charge < -0.3 is 10.1 Å². The Labute approximate surface area is 171 Å². The average molecular weight is 393 g/mol. The van der Waals surface area contributed by atoms with Crippen molar-refractivity contribution in [2.75, 3.05) is 0 Å². The van der Waals surface area contributed by atoms with Crippen LogP contribution in [-0.4, -0.2) is 28.5 Å². The summed E-state index contributed by atoms with van der Waals surface area (Å²) in [6, 6.07) is 10.0. The first-order valence-electron chi connectivity index (χ1n) is 10.1. The monoisotopic (exact) mass is 393 g/mol. The van der Waals surface area contributed by atoms with Crippen LogP contribution in [0.5, 0.6) is 0 Å². The van der Waals surface area contributed by atoms with Gasteiger partial charge in [0.15, 0.2) is 6.10 Å². The zero-order valence-corrected chi connectivity index (χ0v) is 17.2. The van der Waals surface area contributed by atoms with Crippen molar-refractivity contribution in [3.63, 3.8) is 0 Å². The number of nitrogens with one attached hydrogen (secondary N) is 1. The van der Waals surface area contributed by atoms with E-state index in [1.54, 1.807) is 6.92 Å². The molecule has 0 unspecified atom stereocenters. The van der Waals surface area contributed by atoms with Gasteiger partial charge in [-0.2, -0.15) is 5.26 Å². The van der Waals surface area contributed by atoms with Gasteiger partial charge in [0, 0.05) is 11.1 Å². The summed E-state index contributed by atoms with van der Waals surface area (Å²) in [7, 11) is 0. The molecule has 1 aliphatic carbocycles. The van der Waals surface area contributed by atoms with E-state index in [0.717, 1.165) is 47.0 Å². The standard InChI is InChI=1S/C23H27N3O3/c1-15-18-9-5-6-10-20(18)25-16(2)19(15)13-21(27)29-17(3)22(28)26-23(14-24)11-7-4-8-12-23/h5-6,9-10,17H,4,7-8,11-13H2,1-3H3,(H,26,28)/t17-/m0/s1. The number of esters is 1. The third kappa shape index (κ3) is 4.56. The van der Waals surface area contributed by atoms with Crippen molar-refractivity contribution in [3.8, 4) is 6.07 Å². The first-order valence-corrected chi connectivity index (χ1v) is 10.1. The molecule has 6 nitrogen and oxygen atoms in total. The lowest BCUT2D eigenvalue weighted by Gasteiger charge is -2.32. The molecule has 1 aromatic heterocycles. The minimum atomic E-state index is -0.955. The number of hydrogen-bond donors (Lipinski definition) is 1. The smallest absolute Gasteiger partial charge is 0.311 e. The van der Waals surface area contributed by atoms with Crippen molar-refractivity contribution in [2.45, 2.75) is 70.9 Å². The molecule has 152 valence electrons. The van der Waals surface area contributed by atoms with Crippen LogP contribution in [0.25, 0.3) is 10.9 Å². The molecular weight excluding hydrogens is 366 g/mol. The summed E-state index contributed by atoms with van der Waals surface area (Å²) in [4.78, 5) is 29.6. The second-order valence-corrected chi connectivity index (χ2v) is 7.87. The number of rotatable bonds is 5. The topological polar surface area (TPSA) is 92.1 Å². The number of fused-ring (bicyclic) bond motifs is 1. The molecule has 2 aromatic rings. The van der Waals surface area contributed by atoms with E-state index in [1.165, 1.54) is 0 Å². The Morgan fingerprint density at radius 2 is 1.93 bits per heavy atom. The van der Waals surface area contributed by atoms with E-state index in [1.807, 2.05) is 38.1 Å². The Bertz CT molecular complexity index is 971. The number of nitrogens with zero attached hydrogens (tertiary/aromatic N) is 2. The van der Waals surface area contributed by atoms with E-state index < -0.39 is 23.5 Å². The molecule has 0 spiro atoms. The number of para-hydroxylation sites is 1. The van der Waals surface area contributed by atoms with Gasteiger partial charge in [-0.3, -0.25) is 14.6 Å². The van der Waals surface area contributed by atoms with Gasteiger partial charge in [0.25, 0.3) is 5.91 Å². The molecule has 3 rings (SSSR count). The molecule has 1 amide bonds. The van der Waals surface area contributed by atoms with Crippen LogP contribution in [0.4, 0.5) is 0 Å². The maximum atomic E-state index is 12.5. The maximum Gasteiger partial charge on any atom is 0.311 e. The summed E-state index contributed by atoms with van der Waals surface area (Å²) in [6.45, 7) is 5.38. The summed E-state index contributed by atoms with van der Waals surface area (Å²) in [6.07, 6.45) is 3.27. The van der Waals surface area contributed by atoms with E-state index in [2.05, 4.69) is 16.4 Å². The van der Waals surface area contributed by atoms with Crippen LogP contribution in [0.15, 0.2) is 24.3 Å². The van der Waals surface area contributed by atoms with Gasteiger partial charge in [-0.15, -0.1) is 0 Å². The highest BCUT2D eigenvalue weighted by Crippen LogP contribution is 2.28. The SMILES string of the molecule is Cc1nc2ccccc2c(C)c1CC(=O)O[C@@H](C)C(=O)NC1(C#N)CCCCC1. The van der Waals surface area contributed by atoms with Gasteiger partial charge >= 0.3 is 5.97 Å². The number of aryl methyl sites for hydroxylation is 2. The summed E-state index contributed by atoms with van der Waals surface area (Å²) in [5, 5.41) is 13.3. The van der Waals surface area contributed by atoms with E-state index in [0.29, 0.717) is 12.8 Å². The molecule has 0 bridgehead atoms. The first-order chi connectivity index (χ1) is 13.8. The molecule has 29 heavy (non-hydrogen) atoms. The molecule has 0 radical (unpaired) electrons. The lowest BCUT2D eigenvalue weighted by molar-refractivity contribution is -0.154. The average Bonchev–Trinajstić information content (AvgIpc) is 2.71. The highest BCUT2D eigenvalue weighted by atomic mass is 16.5. The number of ether oxygens (including phenoxy) is 1. The molecule has 0 saturated heterocycles. The second kappa shape index (κ2) is 8.60. The van der Waals surface area contributed by atoms with Crippen LogP contribution in [0.2, 0.25) is 0 Å². The predicted molar refractivity (Wildman–Crippen MR) is 110 cm³/mol. The van der Waals surface area contributed by atoms with Crippen molar-refractivity contribution in [1.29, 1.82) is 5.26 Å². The molecule has 1 aliphatic rings. The fourth-order valence-electron chi connectivity index (χ4n) is 4.03. The normalized spacial score (nSPS) is 16.6. The van der Waals surface area contributed by atoms with Gasteiger partial charge in [0.1, 0.15) is 5.54 Å². The summed E-state index contributed by atoms with van der Waals surface area (Å²) < 4.78 is 5.38. The van der Waals surface area contributed by atoms with Gasteiger partial charge in [-0.05, 0) is 50.8 Å². The van der Waals surface area contributed by atoms with Gasteiger partial charge in [0.05, 0.1) is 18.0 Å². The molecule has 1 N–H and O–H groups in total. The van der Waals surface area contributed by atoms with E-state index in [9.17, 15) is 14.9 Å². The van der Waals surface area contributed by atoms with Crippen molar-refractivity contribution in [3.05, 3.63) is 41.1 Å². The lowest BCUT2D eigenvalue weighted by atomic mass is 9.83. The van der Waals surface area contributed by atoms with Gasteiger partial charge in [0.2, 0.25) is 0 Å². The third-order valence-corrected chi connectivity index (χ3v) is 5.77. The number of carbonyl (C=O) groups is 2. The molecule has 0 aliphatic heterocycles. The molecule has 1 heterocycles. The number of nitriles is 1. The summed E-state index contributed by atoms with van der Waals surface area (Å²) >= 11 is 0. The molecule has 1 aromatic carbocycles. The van der Waals surface area contributed by atoms with E-state index >= 15 is 0 Å². The third-order valence-electron chi connectivity index (χ3n) is 5.77. The number of hydrogen-bond acceptors (Lipinski definition) is 5. The Kier molecular flexibility index (Phi) is 6.17. The van der Waals surface area contributed by atoms with Crippen molar-refractivity contribution < 1.29 is 14.3 Å². The van der Waals surface area contributed by atoms with Crippen molar-refractivity contribution >= 4 is 22.8 Å². The van der Waals surface area contributed by atoms with Crippen LogP contribution >= 0.6 is 0 Å². The van der Waals surface area contributed by atoms with Gasteiger partial charge in [-0.1, -0.05) is 37.5 Å². The van der Waals surface area contributed by atoms with E-state index in [4.69, 9.17) is 4.74 Å². The Morgan fingerprint density at radius 1 is 1.24 bits per heavy atom. The Balaban J connectivity index is 1.67. The number of amides is 1. The van der Waals surface area contributed by atoms with Gasteiger partial charge in [-0.25, -0.2) is 0 Å². The van der Waals surface area contributed by atoms with Crippen LogP contribution < -0.4 is 5.32 Å². The van der Waals surface area contributed by atoms with Crippen LogP contribution in [-0.2, 0) is 20.7 Å². The first kappa shape index (κ1) is 20.8. The highest BCUT2D eigenvalue weighted by Gasteiger charge is 2.35. The zero-order chi connectivity index (χ0) is 21.0. The summed E-state index contributed by atoms with van der Waals surface area (Å²) in [5.74, 6) is -0.905. The van der Waals surface area contributed by atoms with E-state index in [-0.39, 0.29) is 6.42 Å². The van der Waals surface area contributed by atoms with Crippen molar-refractivity contribution in [2.24, 2.45) is 0 Å². The van der Waals surface area contributed by atoms with Crippen LogP contribution in [0.3, 0.4) is 0 Å². The molecule has 1 fully saturated rings. The fraction of sp³-hybridized carbons (Fsp3) is 0.478. The number of benzene rings is 1. The summed E-state index contributed by atoms with van der Waals surface area (Å²) in [5.41, 5.74) is 2.64. The van der Waals surface area contributed by atoms with Crippen LogP contribution in [0, 0.1) is 25.2 Å². The van der Waals surface area contributed by atoms with Crippen LogP contribution in [0.1, 0.15) is 55.8 Å². The number of aromatic nitrogens is 1. The minimum Gasteiger partial charge on any atom is -0.452 e. The number of carbonyl (C=O) groups excluding carboxylic acids is 2. The van der Waals surface area contributed by atoms with Crippen molar-refractivity contribution in [1.82, 2.24) is 10.3 Å². The fourth-order valence-corrected chi connectivity index (χ4v) is 4.03. The highest BCUT2D eigenvalue weighted by molar-refractivity contribution is 5.87. The molecule has 6 heteroatoms. The number of pyridine rings is 1. The Hall–Kier alpha value is -2.94. The quantitative estimate of drug-likeness (QED) is 0.783. The Morgan fingerprint density at radius 3 is 2.62 bits per heavy atom. The molecule has 1 saturated carbocycles. The molecular formula is C23H27N3O3. The second-order valence-electron chi connectivity index (χ2n) is 7.87. The zero-order valence-electron chi connectivity index (χ0n) is 17.2. The molecule has 1 atom stereocenters. The maximum absolute atomic E-state index is 12.5. The lowest BCUT2D eigenvalue weighted by Crippen LogP contribution is -2.52. The predicted octanol–water partition coefficient (Wildman–Crippen LogP) is 3.67. The minimum absolute atomic E-state index is 0.0521.